The van der Waals surface area contributed by atoms with Crippen LogP contribution in [0.4, 0.5) is 0 Å². The lowest BCUT2D eigenvalue weighted by Crippen LogP contribution is -2.31. The van der Waals surface area contributed by atoms with Gasteiger partial charge in [-0.3, -0.25) is 0 Å². The molecule has 1 heterocycles. The van der Waals surface area contributed by atoms with Crippen LogP contribution in [-0.2, 0) is 5.60 Å². The summed E-state index contributed by atoms with van der Waals surface area (Å²) in [7, 11) is 0. The van der Waals surface area contributed by atoms with Gasteiger partial charge in [-0.25, -0.2) is 0 Å². The predicted molar refractivity (Wildman–Crippen MR) is 66.4 cm³/mol. The zero-order valence-corrected chi connectivity index (χ0v) is 10.8. The zero-order chi connectivity index (χ0) is 11.5. The van der Waals surface area contributed by atoms with Crippen LogP contribution in [0.25, 0.3) is 0 Å². The average molecular weight is 227 g/mol. The van der Waals surface area contributed by atoms with Gasteiger partial charge in [0.05, 0.1) is 5.60 Å². The molecule has 1 aromatic heterocycles. The van der Waals surface area contributed by atoms with Crippen molar-refractivity contribution in [3.63, 3.8) is 0 Å². The molecule has 86 valence electrons. The normalized spacial score (nSPS) is 15.6. The Kier molecular flexibility index (Phi) is 4.32. The van der Waals surface area contributed by atoms with E-state index >= 15 is 0 Å². The number of hydrogen-bond acceptors (Lipinski definition) is 3. The average Bonchev–Trinajstić information content (AvgIpc) is 2.50. The maximum Gasteiger partial charge on any atom is 0.0891 e. The van der Waals surface area contributed by atoms with Crippen LogP contribution in [-0.4, -0.2) is 17.7 Å². The third-order valence-electron chi connectivity index (χ3n) is 2.60. The second kappa shape index (κ2) is 5.10. The minimum absolute atomic E-state index is 0.476. The number of rotatable bonds is 5. The highest BCUT2D eigenvalue weighted by atomic mass is 32.1. The molecule has 1 unspecified atom stereocenters. The highest BCUT2D eigenvalue weighted by Crippen LogP contribution is 2.29. The second-order valence-corrected chi connectivity index (χ2v) is 5.64. The molecule has 0 fully saturated rings. The van der Waals surface area contributed by atoms with Gasteiger partial charge in [-0.05, 0) is 43.8 Å². The van der Waals surface area contributed by atoms with Crippen LogP contribution in [0.15, 0.2) is 11.4 Å². The Hall–Kier alpha value is -0.380. The summed E-state index contributed by atoms with van der Waals surface area (Å²) in [5.41, 5.74) is 0.365. The van der Waals surface area contributed by atoms with E-state index in [0.29, 0.717) is 6.04 Å². The predicted octanol–water partition coefficient (Wildman–Crippen LogP) is 2.65. The van der Waals surface area contributed by atoms with Crippen LogP contribution >= 0.6 is 11.3 Å². The standard InChI is InChI=1S/C12H21NOS/c1-9(2)13-7-6-12(4,14)11-5-8-15-10(11)3/h5,8-9,13-14H,6-7H2,1-4H3. The van der Waals surface area contributed by atoms with Gasteiger partial charge >= 0.3 is 0 Å². The monoisotopic (exact) mass is 227 g/mol. The van der Waals surface area contributed by atoms with E-state index in [4.69, 9.17) is 0 Å². The van der Waals surface area contributed by atoms with Crippen molar-refractivity contribution in [3.8, 4) is 0 Å². The van der Waals surface area contributed by atoms with Gasteiger partial charge in [0.25, 0.3) is 0 Å². The summed E-state index contributed by atoms with van der Waals surface area (Å²) in [6.45, 7) is 9.03. The van der Waals surface area contributed by atoms with Crippen LogP contribution < -0.4 is 5.32 Å². The SMILES string of the molecule is Cc1sccc1C(C)(O)CCNC(C)C. The first-order chi connectivity index (χ1) is 6.93. The van der Waals surface area contributed by atoms with E-state index in [1.54, 1.807) is 11.3 Å². The van der Waals surface area contributed by atoms with E-state index in [-0.39, 0.29) is 0 Å². The molecule has 0 aliphatic carbocycles. The smallest absolute Gasteiger partial charge is 0.0891 e. The maximum atomic E-state index is 10.3. The van der Waals surface area contributed by atoms with Crippen molar-refractivity contribution in [1.29, 1.82) is 0 Å². The summed E-state index contributed by atoms with van der Waals surface area (Å²) in [5, 5.41) is 15.7. The molecule has 1 aromatic rings. The Bertz CT molecular complexity index is 304. The van der Waals surface area contributed by atoms with E-state index in [1.165, 1.54) is 4.88 Å². The Morgan fingerprint density at radius 1 is 1.53 bits per heavy atom. The van der Waals surface area contributed by atoms with Gasteiger partial charge in [0.1, 0.15) is 0 Å². The van der Waals surface area contributed by atoms with Crippen LogP contribution in [0, 0.1) is 6.92 Å². The topological polar surface area (TPSA) is 32.3 Å². The molecular formula is C12H21NOS. The molecule has 3 heteroatoms. The number of nitrogens with one attached hydrogen (secondary N) is 1. The molecule has 0 radical (unpaired) electrons. The van der Waals surface area contributed by atoms with Crippen molar-refractivity contribution >= 4 is 11.3 Å². The first-order valence-corrected chi connectivity index (χ1v) is 6.32. The molecule has 2 nitrogen and oxygen atoms in total. The third kappa shape index (κ3) is 3.59. The van der Waals surface area contributed by atoms with Crippen molar-refractivity contribution in [3.05, 3.63) is 21.9 Å². The highest BCUT2D eigenvalue weighted by molar-refractivity contribution is 7.10. The van der Waals surface area contributed by atoms with Gasteiger partial charge < -0.3 is 10.4 Å². The van der Waals surface area contributed by atoms with E-state index in [2.05, 4.69) is 26.1 Å². The quantitative estimate of drug-likeness (QED) is 0.810. The summed E-state index contributed by atoms with van der Waals surface area (Å²) in [5.74, 6) is 0. The molecule has 0 amide bonds. The summed E-state index contributed by atoms with van der Waals surface area (Å²) in [6, 6.07) is 2.50. The molecule has 1 atom stereocenters. The van der Waals surface area contributed by atoms with Crippen LogP contribution in [0.5, 0.6) is 0 Å². The lowest BCUT2D eigenvalue weighted by Gasteiger charge is -2.24. The summed E-state index contributed by atoms with van der Waals surface area (Å²) in [6.07, 6.45) is 0.753. The Balaban J connectivity index is 2.56. The first-order valence-electron chi connectivity index (χ1n) is 5.44. The Morgan fingerprint density at radius 2 is 2.20 bits per heavy atom. The van der Waals surface area contributed by atoms with Crippen LogP contribution in [0.1, 0.15) is 37.6 Å². The molecule has 0 aromatic carbocycles. The van der Waals surface area contributed by atoms with Crippen molar-refractivity contribution < 1.29 is 5.11 Å². The van der Waals surface area contributed by atoms with Crippen molar-refractivity contribution in [2.24, 2.45) is 0 Å². The fraction of sp³-hybridized carbons (Fsp3) is 0.667. The fourth-order valence-corrected chi connectivity index (χ4v) is 2.51. The van der Waals surface area contributed by atoms with Gasteiger partial charge in [0, 0.05) is 10.9 Å². The Labute approximate surface area is 96.3 Å². The van der Waals surface area contributed by atoms with E-state index in [1.807, 2.05) is 18.4 Å². The molecule has 0 saturated carbocycles. The molecule has 0 aliphatic rings. The van der Waals surface area contributed by atoms with Gasteiger partial charge in [-0.2, -0.15) is 0 Å². The summed E-state index contributed by atoms with van der Waals surface area (Å²) >= 11 is 1.69. The molecule has 0 saturated heterocycles. The first kappa shape index (κ1) is 12.7. The van der Waals surface area contributed by atoms with Crippen molar-refractivity contribution in [1.82, 2.24) is 5.32 Å². The number of hydrogen-bond donors (Lipinski definition) is 2. The molecule has 0 spiro atoms. The maximum absolute atomic E-state index is 10.3. The lowest BCUT2D eigenvalue weighted by atomic mass is 9.93. The van der Waals surface area contributed by atoms with E-state index in [0.717, 1.165) is 18.5 Å². The van der Waals surface area contributed by atoms with Gasteiger partial charge in [-0.1, -0.05) is 13.8 Å². The minimum atomic E-state index is -0.702. The molecule has 0 aliphatic heterocycles. The summed E-state index contributed by atoms with van der Waals surface area (Å²) in [4.78, 5) is 1.21. The zero-order valence-electron chi connectivity index (χ0n) is 10.0. The van der Waals surface area contributed by atoms with Crippen LogP contribution in [0.3, 0.4) is 0 Å². The summed E-state index contributed by atoms with van der Waals surface area (Å²) < 4.78 is 0. The second-order valence-electron chi connectivity index (χ2n) is 4.52. The number of aliphatic hydroxyl groups is 1. The molecule has 2 N–H and O–H groups in total. The Morgan fingerprint density at radius 3 is 2.67 bits per heavy atom. The van der Waals surface area contributed by atoms with Crippen molar-refractivity contribution in [2.45, 2.75) is 45.8 Å². The molecule has 0 bridgehead atoms. The van der Waals surface area contributed by atoms with Gasteiger partial charge in [0.15, 0.2) is 0 Å². The fourth-order valence-electron chi connectivity index (χ4n) is 1.68. The van der Waals surface area contributed by atoms with Crippen LogP contribution in [0.2, 0.25) is 0 Å². The van der Waals surface area contributed by atoms with E-state index < -0.39 is 5.60 Å². The minimum Gasteiger partial charge on any atom is -0.385 e. The lowest BCUT2D eigenvalue weighted by molar-refractivity contribution is 0.0474. The highest BCUT2D eigenvalue weighted by Gasteiger charge is 2.24. The van der Waals surface area contributed by atoms with Gasteiger partial charge in [0.2, 0.25) is 0 Å². The number of thiophene rings is 1. The van der Waals surface area contributed by atoms with E-state index in [9.17, 15) is 5.11 Å². The largest absolute Gasteiger partial charge is 0.385 e. The molecule has 15 heavy (non-hydrogen) atoms. The molecular weight excluding hydrogens is 206 g/mol. The van der Waals surface area contributed by atoms with Gasteiger partial charge in [-0.15, -0.1) is 11.3 Å². The number of aryl methyl sites for hydroxylation is 1. The van der Waals surface area contributed by atoms with Crippen molar-refractivity contribution in [2.75, 3.05) is 6.54 Å². The molecule has 1 rings (SSSR count). The third-order valence-corrected chi connectivity index (χ3v) is 3.45.